The summed E-state index contributed by atoms with van der Waals surface area (Å²) in [4.78, 5) is 30.6. The summed E-state index contributed by atoms with van der Waals surface area (Å²) in [6.07, 6.45) is 6.52. The smallest absolute Gasteiger partial charge is 0.274 e. The van der Waals surface area contributed by atoms with E-state index < -0.39 is 11.4 Å². The lowest BCUT2D eigenvalue weighted by Gasteiger charge is -2.30. The van der Waals surface area contributed by atoms with E-state index in [1.54, 1.807) is 4.57 Å². The minimum absolute atomic E-state index is 0.0265. The van der Waals surface area contributed by atoms with E-state index in [9.17, 15) is 14.0 Å². The van der Waals surface area contributed by atoms with Crippen molar-refractivity contribution in [2.75, 3.05) is 11.5 Å². The fourth-order valence-electron chi connectivity index (χ4n) is 4.30. The highest BCUT2D eigenvalue weighted by Gasteiger charge is 2.28. The zero-order valence-electron chi connectivity index (χ0n) is 15.0. The predicted molar refractivity (Wildman–Crippen MR) is 102 cm³/mol. The first-order chi connectivity index (χ1) is 12.6. The van der Waals surface area contributed by atoms with Crippen LogP contribution in [0.15, 0.2) is 21.9 Å². The van der Waals surface area contributed by atoms with Gasteiger partial charge in [-0.05, 0) is 62.0 Å². The summed E-state index contributed by atoms with van der Waals surface area (Å²) in [7, 11) is 0. The maximum absolute atomic E-state index is 13.8. The van der Waals surface area contributed by atoms with Gasteiger partial charge in [-0.2, -0.15) is 11.8 Å². The van der Waals surface area contributed by atoms with Gasteiger partial charge in [0.25, 0.3) is 5.56 Å². The first kappa shape index (κ1) is 17.8. The Balaban J connectivity index is 1.93. The molecule has 0 amide bonds. The molecule has 5 nitrogen and oxygen atoms in total. The first-order valence-corrected chi connectivity index (χ1v) is 10.6. The number of halogens is 1. The SMILES string of the molecule is CC1CCC(n2c(=O)c3cc(F)cnc3n(C3CCSCC3)c2=O)CC1. The third-order valence-electron chi connectivity index (χ3n) is 5.83. The molecule has 2 aromatic rings. The van der Waals surface area contributed by atoms with Gasteiger partial charge in [0.15, 0.2) is 0 Å². The number of nitrogens with zero attached hydrogens (tertiary/aromatic N) is 3. The molecular formula is C19H24FN3O2S. The normalized spacial score (nSPS) is 24.8. The molecule has 0 radical (unpaired) electrons. The average molecular weight is 377 g/mol. The van der Waals surface area contributed by atoms with Gasteiger partial charge in [-0.1, -0.05) is 6.92 Å². The first-order valence-electron chi connectivity index (χ1n) is 9.46. The van der Waals surface area contributed by atoms with E-state index in [-0.39, 0.29) is 23.2 Å². The second-order valence-corrected chi connectivity index (χ2v) is 8.83. The number of hydrogen-bond acceptors (Lipinski definition) is 4. The predicted octanol–water partition coefficient (Wildman–Crippen LogP) is 3.52. The van der Waals surface area contributed by atoms with Crippen molar-refractivity contribution in [2.24, 2.45) is 5.92 Å². The standard InChI is InChI=1S/C19H24FN3O2S/c1-12-2-4-14(5-3-12)23-18(24)16-10-13(20)11-21-17(16)22(19(23)25)15-6-8-26-9-7-15/h10-12,14-15H,2-9H2,1H3. The van der Waals surface area contributed by atoms with Crippen LogP contribution in [0.4, 0.5) is 4.39 Å². The number of fused-ring (bicyclic) bond motifs is 1. The maximum Gasteiger partial charge on any atom is 0.333 e. The van der Waals surface area contributed by atoms with E-state index in [4.69, 9.17) is 0 Å². The van der Waals surface area contributed by atoms with Crippen molar-refractivity contribution >= 4 is 22.8 Å². The summed E-state index contributed by atoms with van der Waals surface area (Å²) in [6, 6.07) is 1.17. The van der Waals surface area contributed by atoms with Crippen LogP contribution in [-0.2, 0) is 0 Å². The second kappa shape index (κ2) is 7.18. The molecule has 1 saturated heterocycles. The Bertz CT molecular complexity index is 925. The quantitative estimate of drug-likeness (QED) is 0.804. The monoisotopic (exact) mass is 377 g/mol. The van der Waals surface area contributed by atoms with Gasteiger partial charge in [-0.15, -0.1) is 0 Å². The van der Waals surface area contributed by atoms with Gasteiger partial charge in [0, 0.05) is 12.1 Å². The zero-order valence-corrected chi connectivity index (χ0v) is 15.8. The number of rotatable bonds is 2. The van der Waals surface area contributed by atoms with Crippen LogP contribution >= 0.6 is 11.8 Å². The lowest BCUT2D eigenvalue weighted by Crippen LogP contribution is -2.45. The molecule has 4 rings (SSSR count). The Kier molecular flexibility index (Phi) is 4.90. The van der Waals surface area contributed by atoms with E-state index in [2.05, 4.69) is 11.9 Å². The fourth-order valence-corrected chi connectivity index (χ4v) is 5.38. The zero-order chi connectivity index (χ0) is 18.3. The minimum Gasteiger partial charge on any atom is -0.274 e. The summed E-state index contributed by atoms with van der Waals surface area (Å²) in [5.41, 5.74) is -0.324. The van der Waals surface area contributed by atoms with Crippen molar-refractivity contribution in [1.82, 2.24) is 14.1 Å². The third kappa shape index (κ3) is 3.10. The second-order valence-electron chi connectivity index (χ2n) is 7.61. The van der Waals surface area contributed by atoms with Crippen LogP contribution in [0.3, 0.4) is 0 Å². The minimum atomic E-state index is -0.539. The Morgan fingerprint density at radius 3 is 2.38 bits per heavy atom. The summed E-state index contributed by atoms with van der Waals surface area (Å²) < 4.78 is 16.9. The van der Waals surface area contributed by atoms with E-state index in [0.717, 1.165) is 56.2 Å². The molecule has 0 N–H and O–H groups in total. The Morgan fingerprint density at radius 2 is 1.69 bits per heavy atom. The van der Waals surface area contributed by atoms with Gasteiger partial charge >= 0.3 is 5.69 Å². The van der Waals surface area contributed by atoms with E-state index in [1.807, 2.05) is 11.8 Å². The number of thioether (sulfide) groups is 1. The van der Waals surface area contributed by atoms with Crippen molar-refractivity contribution in [3.63, 3.8) is 0 Å². The highest BCUT2D eigenvalue weighted by Crippen LogP contribution is 2.31. The lowest BCUT2D eigenvalue weighted by molar-refractivity contribution is 0.273. The number of hydrogen-bond donors (Lipinski definition) is 0. The highest BCUT2D eigenvalue weighted by molar-refractivity contribution is 7.99. The molecule has 0 atom stereocenters. The average Bonchev–Trinajstić information content (AvgIpc) is 2.65. The topological polar surface area (TPSA) is 56.9 Å². The van der Waals surface area contributed by atoms with Gasteiger partial charge in [0.2, 0.25) is 0 Å². The van der Waals surface area contributed by atoms with Crippen LogP contribution in [0.5, 0.6) is 0 Å². The van der Waals surface area contributed by atoms with Crippen LogP contribution in [0.25, 0.3) is 11.0 Å². The molecule has 1 saturated carbocycles. The highest BCUT2D eigenvalue weighted by atomic mass is 32.2. The molecule has 1 aliphatic carbocycles. The van der Waals surface area contributed by atoms with Crippen molar-refractivity contribution in [2.45, 2.75) is 57.5 Å². The molecule has 0 aromatic carbocycles. The molecule has 0 spiro atoms. The Hall–Kier alpha value is -1.63. The van der Waals surface area contributed by atoms with Crippen LogP contribution in [0.2, 0.25) is 0 Å². The summed E-state index contributed by atoms with van der Waals surface area (Å²) in [6.45, 7) is 2.21. The molecule has 0 bridgehead atoms. The Labute approximate surface area is 155 Å². The molecule has 26 heavy (non-hydrogen) atoms. The Morgan fingerprint density at radius 1 is 1.04 bits per heavy atom. The molecule has 1 aliphatic heterocycles. The van der Waals surface area contributed by atoms with Crippen LogP contribution in [-0.4, -0.2) is 25.6 Å². The van der Waals surface area contributed by atoms with Gasteiger partial charge in [0.1, 0.15) is 11.5 Å². The lowest BCUT2D eigenvalue weighted by atomic mass is 9.87. The molecule has 2 fully saturated rings. The summed E-state index contributed by atoms with van der Waals surface area (Å²) in [5, 5.41) is 0.224. The van der Waals surface area contributed by atoms with E-state index in [0.29, 0.717) is 11.6 Å². The maximum atomic E-state index is 13.8. The largest absolute Gasteiger partial charge is 0.333 e. The van der Waals surface area contributed by atoms with Gasteiger partial charge in [-0.3, -0.25) is 13.9 Å². The van der Waals surface area contributed by atoms with Gasteiger partial charge in [-0.25, -0.2) is 14.2 Å². The van der Waals surface area contributed by atoms with Crippen molar-refractivity contribution in [3.8, 4) is 0 Å². The number of pyridine rings is 1. The molecule has 140 valence electrons. The summed E-state index contributed by atoms with van der Waals surface area (Å²) >= 11 is 1.88. The molecule has 2 aromatic heterocycles. The molecule has 3 heterocycles. The third-order valence-corrected chi connectivity index (χ3v) is 6.88. The van der Waals surface area contributed by atoms with Crippen molar-refractivity contribution < 1.29 is 4.39 Å². The fraction of sp³-hybridized carbons (Fsp3) is 0.632. The van der Waals surface area contributed by atoms with E-state index in [1.165, 1.54) is 10.6 Å². The molecular weight excluding hydrogens is 353 g/mol. The van der Waals surface area contributed by atoms with Crippen LogP contribution in [0.1, 0.15) is 57.5 Å². The van der Waals surface area contributed by atoms with Gasteiger partial charge < -0.3 is 0 Å². The van der Waals surface area contributed by atoms with E-state index >= 15 is 0 Å². The van der Waals surface area contributed by atoms with Crippen molar-refractivity contribution in [3.05, 3.63) is 38.9 Å². The van der Waals surface area contributed by atoms with Crippen LogP contribution in [0, 0.1) is 11.7 Å². The summed E-state index contributed by atoms with van der Waals surface area (Å²) in [5.74, 6) is 2.06. The number of aromatic nitrogens is 3. The van der Waals surface area contributed by atoms with Gasteiger partial charge in [0.05, 0.1) is 11.6 Å². The molecule has 0 unspecified atom stereocenters. The van der Waals surface area contributed by atoms with Crippen LogP contribution < -0.4 is 11.2 Å². The molecule has 2 aliphatic rings. The van der Waals surface area contributed by atoms with Crippen molar-refractivity contribution in [1.29, 1.82) is 0 Å². The molecule has 7 heteroatoms.